The highest BCUT2D eigenvalue weighted by Gasteiger charge is 2.08. The Bertz CT molecular complexity index is 531. The van der Waals surface area contributed by atoms with Gasteiger partial charge >= 0.3 is 5.69 Å². The third kappa shape index (κ3) is 2.08. The molecule has 2 rings (SSSR count). The summed E-state index contributed by atoms with van der Waals surface area (Å²) in [7, 11) is 1.88. The van der Waals surface area contributed by atoms with Crippen LogP contribution in [0.15, 0.2) is 17.3 Å². The van der Waals surface area contributed by atoms with E-state index in [-0.39, 0.29) is 5.69 Å². The van der Waals surface area contributed by atoms with E-state index in [1.54, 1.807) is 6.20 Å². The van der Waals surface area contributed by atoms with E-state index in [1.807, 2.05) is 18.9 Å². The number of nitrogens with one attached hydrogen (secondary N) is 2. The average molecular weight is 220 g/mol. The molecule has 0 fully saturated rings. The van der Waals surface area contributed by atoms with Crippen LogP contribution in [-0.2, 0) is 6.54 Å². The zero-order valence-corrected chi connectivity index (χ0v) is 9.06. The van der Waals surface area contributed by atoms with Gasteiger partial charge in [0.05, 0.1) is 6.54 Å². The van der Waals surface area contributed by atoms with E-state index >= 15 is 0 Å². The molecule has 7 heteroatoms. The van der Waals surface area contributed by atoms with E-state index in [1.165, 1.54) is 6.33 Å². The van der Waals surface area contributed by atoms with Gasteiger partial charge in [-0.15, -0.1) is 0 Å². The van der Waals surface area contributed by atoms with Crippen molar-refractivity contribution in [3.8, 4) is 0 Å². The lowest BCUT2D eigenvalue weighted by atomic mass is 10.3. The number of hydrogen-bond donors (Lipinski definition) is 2. The molecule has 16 heavy (non-hydrogen) atoms. The summed E-state index contributed by atoms with van der Waals surface area (Å²) in [5, 5.41) is 6.15. The second-order valence-electron chi connectivity index (χ2n) is 3.51. The largest absolute Gasteiger partial charge is 0.352 e. The van der Waals surface area contributed by atoms with Gasteiger partial charge in [0.1, 0.15) is 18.0 Å². The highest BCUT2D eigenvalue weighted by atomic mass is 16.1. The molecule has 2 N–H and O–H groups in total. The second-order valence-corrected chi connectivity index (χ2v) is 3.51. The third-order valence-electron chi connectivity index (χ3n) is 2.17. The normalized spacial score (nSPS) is 10.4. The number of anilines is 1. The van der Waals surface area contributed by atoms with Crippen LogP contribution >= 0.6 is 0 Å². The number of H-pyrrole nitrogens is 2. The zero-order valence-electron chi connectivity index (χ0n) is 9.06. The van der Waals surface area contributed by atoms with Gasteiger partial charge in [-0.1, -0.05) is 0 Å². The van der Waals surface area contributed by atoms with Crippen LogP contribution < -0.4 is 10.6 Å². The lowest BCUT2D eigenvalue weighted by Crippen LogP contribution is -2.20. The van der Waals surface area contributed by atoms with Gasteiger partial charge in [0, 0.05) is 18.8 Å². The van der Waals surface area contributed by atoms with Crippen LogP contribution in [-0.4, -0.2) is 32.2 Å². The summed E-state index contributed by atoms with van der Waals surface area (Å²) in [6.45, 7) is 2.41. The van der Waals surface area contributed by atoms with Crippen molar-refractivity contribution in [1.82, 2.24) is 25.1 Å². The van der Waals surface area contributed by atoms with Crippen molar-refractivity contribution in [2.24, 2.45) is 0 Å². The molecule has 84 valence electrons. The van der Waals surface area contributed by atoms with Gasteiger partial charge in [-0.25, -0.2) is 19.9 Å². The standard InChI is InChI=1S/C9H12N6O/c1-6-3-10-5-11-8(6)15(2)4-7-12-9(16)14-13-7/h3,5H,4H2,1-2H3,(H2,12,13,14,16). The lowest BCUT2D eigenvalue weighted by molar-refractivity contribution is 0.822. The molecule has 0 radical (unpaired) electrons. The Morgan fingerprint density at radius 2 is 2.31 bits per heavy atom. The van der Waals surface area contributed by atoms with E-state index in [0.29, 0.717) is 12.4 Å². The minimum absolute atomic E-state index is 0.303. The molecule has 0 aliphatic rings. The smallest absolute Gasteiger partial charge is 0.340 e. The zero-order chi connectivity index (χ0) is 11.5. The van der Waals surface area contributed by atoms with Crippen LogP contribution in [0.2, 0.25) is 0 Å². The van der Waals surface area contributed by atoms with Crippen LogP contribution in [0.3, 0.4) is 0 Å². The molecule has 7 nitrogen and oxygen atoms in total. The average Bonchev–Trinajstić information content (AvgIpc) is 2.64. The van der Waals surface area contributed by atoms with Crippen molar-refractivity contribution in [3.63, 3.8) is 0 Å². The summed E-state index contributed by atoms with van der Waals surface area (Å²) < 4.78 is 0. The molecule has 0 aromatic carbocycles. The molecule has 2 aromatic rings. The summed E-state index contributed by atoms with van der Waals surface area (Å²) in [6.07, 6.45) is 3.23. The Labute approximate surface area is 91.6 Å². The van der Waals surface area contributed by atoms with Crippen molar-refractivity contribution in [1.29, 1.82) is 0 Å². The highest BCUT2D eigenvalue weighted by molar-refractivity contribution is 5.43. The summed E-state index contributed by atoms with van der Waals surface area (Å²) in [5.74, 6) is 1.39. The summed E-state index contributed by atoms with van der Waals surface area (Å²) in [6, 6.07) is 0. The van der Waals surface area contributed by atoms with Crippen LogP contribution in [0.4, 0.5) is 5.82 Å². The first-order valence-electron chi connectivity index (χ1n) is 4.78. The molecule has 0 saturated carbocycles. The maximum Gasteiger partial charge on any atom is 0.340 e. The van der Waals surface area contributed by atoms with Crippen LogP contribution in [0.25, 0.3) is 0 Å². The number of nitrogens with zero attached hydrogens (tertiary/aromatic N) is 4. The Kier molecular flexibility index (Phi) is 2.67. The number of rotatable bonds is 3. The Hall–Kier alpha value is -2.18. The fraction of sp³-hybridized carbons (Fsp3) is 0.333. The molecule has 0 bridgehead atoms. The van der Waals surface area contributed by atoms with Crippen molar-refractivity contribution in [2.75, 3.05) is 11.9 Å². The molecule has 0 unspecified atom stereocenters. The molecule has 0 aliphatic carbocycles. The van der Waals surface area contributed by atoms with E-state index in [4.69, 9.17) is 0 Å². The number of aromatic nitrogens is 5. The molecule has 0 aliphatic heterocycles. The molecule has 0 saturated heterocycles. The third-order valence-corrected chi connectivity index (χ3v) is 2.17. The maximum atomic E-state index is 10.9. The Morgan fingerprint density at radius 1 is 1.50 bits per heavy atom. The molecular formula is C9H12N6O. The lowest BCUT2D eigenvalue weighted by Gasteiger charge is -2.17. The van der Waals surface area contributed by atoms with Crippen molar-refractivity contribution in [2.45, 2.75) is 13.5 Å². The molecular weight excluding hydrogens is 208 g/mol. The van der Waals surface area contributed by atoms with Crippen molar-refractivity contribution >= 4 is 5.82 Å². The monoisotopic (exact) mass is 220 g/mol. The van der Waals surface area contributed by atoms with Gasteiger partial charge in [0.2, 0.25) is 0 Å². The van der Waals surface area contributed by atoms with Gasteiger partial charge in [-0.05, 0) is 6.92 Å². The van der Waals surface area contributed by atoms with Crippen molar-refractivity contribution < 1.29 is 0 Å². The maximum absolute atomic E-state index is 10.9. The minimum Gasteiger partial charge on any atom is -0.352 e. The molecule has 0 spiro atoms. The SMILES string of the molecule is Cc1cncnc1N(C)Cc1n[nH]c(=O)[nH]1. The molecule has 2 aromatic heterocycles. The predicted molar refractivity (Wildman–Crippen MR) is 58.1 cm³/mol. The summed E-state index contributed by atoms with van der Waals surface area (Å²) in [4.78, 5) is 23.4. The van der Waals surface area contributed by atoms with Gasteiger partial charge in [-0.3, -0.25) is 4.98 Å². The molecule has 0 atom stereocenters. The van der Waals surface area contributed by atoms with Crippen LogP contribution in [0.5, 0.6) is 0 Å². The highest BCUT2D eigenvalue weighted by Crippen LogP contribution is 2.13. The minimum atomic E-state index is -0.303. The molecule has 2 heterocycles. The quantitative estimate of drug-likeness (QED) is 0.749. The number of aromatic amines is 2. The van der Waals surface area contributed by atoms with Gasteiger partial charge in [0.15, 0.2) is 0 Å². The summed E-state index contributed by atoms with van der Waals surface area (Å²) in [5.41, 5.74) is 0.672. The van der Waals surface area contributed by atoms with E-state index in [0.717, 1.165) is 11.4 Å². The topological polar surface area (TPSA) is 90.6 Å². The fourth-order valence-corrected chi connectivity index (χ4v) is 1.47. The van der Waals surface area contributed by atoms with E-state index in [9.17, 15) is 4.79 Å². The van der Waals surface area contributed by atoms with Gasteiger partial charge in [0.25, 0.3) is 0 Å². The first-order chi connectivity index (χ1) is 7.66. The van der Waals surface area contributed by atoms with Crippen molar-refractivity contribution in [3.05, 3.63) is 34.4 Å². The first-order valence-corrected chi connectivity index (χ1v) is 4.78. The number of aryl methyl sites for hydroxylation is 1. The van der Waals surface area contributed by atoms with Gasteiger partial charge < -0.3 is 4.90 Å². The van der Waals surface area contributed by atoms with E-state index < -0.39 is 0 Å². The van der Waals surface area contributed by atoms with Crippen LogP contribution in [0.1, 0.15) is 11.4 Å². The van der Waals surface area contributed by atoms with Crippen LogP contribution in [0, 0.1) is 6.92 Å². The Morgan fingerprint density at radius 3 is 2.94 bits per heavy atom. The van der Waals surface area contributed by atoms with Gasteiger partial charge in [-0.2, -0.15) is 5.10 Å². The second kappa shape index (κ2) is 4.13. The molecule has 0 amide bonds. The predicted octanol–water partition coefficient (Wildman–Crippen LogP) is -0.167. The first kappa shape index (κ1) is 10.3. The summed E-state index contributed by atoms with van der Waals surface area (Å²) >= 11 is 0. The number of hydrogen-bond acceptors (Lipinski definition) is 5. The van der Waals surface area contributed by atoms with E-state index in [2.05, 4.69) is 25.1 Å². The fourth-order valence-electron chi connectivity index (χ4n) is 1.47. The Balaban J connectivity index is 2.17.